The highest BCUT2D eigenvalue weighted by Crippen LogP contribution is 2.14. The lowest BCUT2D eigenvalue weighted by Gasteiger charge is -2.17. The molecule has 1 nitrogen and oxygen atoms in total. The fraction of sp³-hybridized carbons (Fsp3) is 0.571. The Morgan fingerprint density at radius 1 is 1.07 bits per heavy atom. The van der Waals surface area contributed by atoms with Gasteiger partial charge >= 0.3 is 0 Å². The van der Waals surface area contributed by atoms with Crippen LogP contribution in [0.25, 0.3) is 0 Å². The molecule has 0 radical (unpaired) electrons. The third kappa shape index (κ3) is 4.98. The number of hydrogen-bond acceptors (Lipinski definition) is 1. The maximum absolute atomic E-state index is 9.68. The molecular weight excluding hydrogens is 184 g/mol. The standard InChI is InChI=1S/C14H22O/c1-4-5-6-12-7-9-13(10-8-12)11-14(2,3)15/h7-10,15H,4-6,11H2,1-3H3. The van der Waals surface area contributed by atoms with Crippen LogP contribution in [-0.4, -0.2) is 10.7 Å². The lowest BCUT2D eigenvalue weighted by atomic mass is 9.97. The van der Waals surface area contributed by atoms with Crippen molar-refractivity contribution < 1.29 is 5.11 Å². The van der Waals surface area contributed by atoms with Gasteiger partial charge in [0.25, 0.3) is 0 Å². The molecule has 0 aliphatic heterocycles. The average Bonchev–Trinajstić information content (AvgIpc) is 2.14. The molecule has 0 spiro atoms. The first kappa shape index (κ1) is 12.3. The fourth-order valence-corrected chi connectivity index (χ4v) is 1.70. The summed E-state index contributed by atoms with van der Waals surface area (Å²) in [6.45, 7) is 5.90. The summed E-state index contributed by atoms with van der Waals surface area (Å²) in [6.07, 6.45) is 4.39. The van der Waals surface area contributed by atoms with Crippen molar-refractivity contribution >= 4 is 0 Å². The Balaban J connectivity index is 2.56. The van der Waals surface area contributed by atoms with Crippen LogP contribution >= 0.6 is 0 Å². The van der Waals surface area contributed by atoms with Crippen LogP contribution in [0, 0.1) is 0 Å². The number of unbranched alkanes of at least 4 members (excludes halogenated alkanes) is 1. The summed E-state index contributed by atoms with van der Waals surface area (Å²) in [6, 6.07) is 8.61. The highest BCUT2D eigenvalue weighted by Gasteiger charge is 2.12. The van der Waals surface area contributed by atoms with Crippen molar-refractivity contribution in [3.63, 3.8) is 0 Å². The number of aryl methyl sites for hydroxylation is 1. The summed E-state index contributed by atoms with van der Waals surface area (Å²) in [5.41, 5.74) is 2.00. The van der Waals surface area contributed by atoms with Gasteiger partial charge in [-0.05, 0) is 37.8 Å². The van der Waals surface area contributed by atoms with Gasteiger partial charge < -0.3 is 5.11 Å². The largest absolute Gasteiger partial charge is 0.390 e. The molecule has 1 aromatic rings. The Morgan fingerprint density at radius 2 is 1.60 bits per heavy atom. The van der Waals surface area contributed by atoms with Crippen molar-refractivity contribution in [3.8, 4) is 0 Å². The molecule has 0 amide bonds. The van der Waals surface area contributed by atoms with Crippen molar-refractivity contribution in [2.45, 2.75) is 52.1 Å². The normalized spacial score (nSPS) is 11.7. The predicted octanol–water partition coefficient (Wildman–Crippen LogP) is 3.34. The summed E-state index contributed by atoms with van der Waals surface area (Å²) in [5, 5.41) is 9.68. The Kier molecular flexibility index (Phi) is 4.34. The zero-order valence-corrected chi connectivity index (χ0v) is 10.1. The second-order valence-corrected chi connectivity index (χ2v) is 4.91. The van der Waals surface area contributed by atoms with Gasteiger partial charge in [-0.2, -0.15) is 0 Å². The van der Waals surface area contributed by atoms with Crippen LogP contribution in [0.4, 0.5) is 0 Å². The minimum atomic E-state index is -0.606. The van der Waals surface area contributed by atoms with E-state index in [0.717, 1.165) is 6.42 Å². The second kappa shape index (κ2) is 5.32. The molecule has 15 heavy (non-hydrogen) atoms. The molecule has 0 aromatic heterocycles. The van der Waals surface area contributed by atoms with Crippen LogP contribution in [0.5, 0.6) is 0 Å². The Morgan fingerprint density at radius 3 is 2.07 bits per heavy atom. The van der Waals surface area contributed by atoms with Gasteiger partial charge in [0.2, 0.25) is 0 Å². The minimum absolute atomic E-state index is 0.606. The predicted molar refractivity (Wildman–Crippen MR) is 65.1 cm³/mol. The highest BCUT2D eigenvalue weighted by atomic mass is 16.3. The van der Waals surface area contributed by atoms with E-state index in [-0.39, 0.29) is 0 Å². The zero-order valence-electron chi connectivity index (χ0n) is 10.1. The number of aliphatic hydroxyl groups is 1. The quantitative estimate of drug-likeness (QED) is 0.783. The van der Waals surface area contributed by atoms with Crippen LogP contribution in [0.15, 0.2) is 24.3 Å². The third-order valence-corrected chi connectivity index (χ3v) is 2.48. The van der Waals surface area contributed by atoms with E-state index in [9.17, 15) is 5.11 Å². The minimum Gasteiger partial charge on any atom is -0.390 e. The van der Waals surface area contributed by atoms with Gasteiger partial charge in [0.05, 0.1) is 5.60 Å². The molecule has 1 rings (SSSR count). The lowest BCUT2D eigenvalue weighted by Crippen LogP contribution is -2.21. The number of rotatable bonds is 5. The van der Waals surface area contributed by atoms with Gasteiger partial charge in [-0.1, -0.05) is 37.6 Å². The summed E-state index contributed by atoms with van der Waals surface area (Å²) in [4.78, 5) is 0. The molecule has 0 fully saturated rings. The maximum atomic E-state index is 9.68. The molecule has 0 unspecified atom stereocenters. The molecule has 0 aliphatic rings. The monoisotopic (exact) mass is 206 g/mol. The first-order chi connectivity index (χ1) is 7.01. The van der Waals surface area contributed by atoms with E-state index in [0.29, 0.717) is 0 Å². The molecule has 0 saturated heterocycles. The lowest BCUT2D eigenvalue weighted by molar-refractivity contribution is 0.0810. The molecule has 0 bridgehead atoms. The van der Waals surface area contributed by atoms with Crippen molar-refractivity contribution in [3.05, 3.63) is 35.4 Å². The van der Waals surface area contributed by atoms with E-state index in [2.05, 4.69) is 31.2 Å². The van der Waals surface area contributed by atoms with Gasteiger partial charge in [0.1, 0.15) is 0 Å². The number of hydrogen-bond donors (Lipinski definition) is 1. The van der Waals surface area contributed by atoms with Crippen molar-refractivity contribution in [1.29, 1.82) is 0 Å². The molecule has 0 aliphatic carbocycles. The van der Waals surface area contributed by atoms with E-state index in [1.807, 2.05) is 13.8 Å². The van der Waals surface area contributed by atoms with E-state index in [4.69, 9.17) is 0 Å². The van der Waals surface area contributed by atoms with Gasteiger partial charge in [-0.15, -0.1) is 0 Å². The SMILES string of the molecule is CCCCc1ccc(CC(C)(C)O)cc1. The van der Waals surface area contributed by atoms with E-state index >= 15 is 0 Å². The van der Waals surface area contributed by atoms with Gasteiger partial charge in [0.15, 0.2) is 0 Å². The van der Waals surface area contributed by atoms with Crippen molar-refractivity contribution in [2.24, 2.45) is 0 Å². The smallest absolute Gasteiger partial charge is 0.0631 e. The van der Waals surface area contributed by atoms with Crippen LogP contribution in [-0.2, 0) is 12.8 Å². The zero-order chi connectivity index (χ0) is 11.3. The molecule has 0 heterocycles. The van der Waals surface area contributed by atoms with E-state index in [1.165, 1.54) is 30.4 Å². The van der Waals surface area contributed by atoms with Crippen LogP contribution in [0.1, 0.15) is 44.7 Å². The third-order valence-electron chi connectivity index (χ3n) is 2.48. The van der Waals surface area contributed by atoms with Crippen molar-refractivity contribution in [2.75, 3.05) is 0 Å². The Labute approximate surface area is 93.1 Å². The van der Waals surface area contributed by atoms with Crippen molar-refractivity contribution in [1.82, 2.24) is 0 Å². The van der Waals surface area contributed by atoms with E-state index in [1.54, 1.807) is 0 Å². The topological polar surface area (TPSA) is 20.2 Å². The molecule has 1 heteroatoms. The molecule has 1 aromatic carbocycles. The molecule has 1 N–H and O–H groups in total. The highest BCUT2D eigenvalue weighted by molar-refractivity contribution is 5.23. The summed E-state index contributed by atoms with van der Waals surface area (Å²) in [7, 11) is 0. The van der Waals surface area contributed by atoms with Crippen LogP contribution in [0.2, 0.25) is 0 Å². The van der Waals surface area contributed by atoms with Crippen LogP contribution in [0.3, 0.4) is 0 Å². The second-order valence-electron chi connectivity index (χ2n) is 4.91. The first-order valence-electron chi connectivity index (χ1n) is 5.81. The molecular formula is C14H22O. The first-order valence-corrected chi connectivity index (χ1v) is 5.81. The van der Waals surface area contributed by atoms with Crippen LogP contribution < -0.4 is 0 Å². The maximum Gasteiger partial charge on any atom is 0.0631 e. The van der Waals surface area contributed by atoms with Gasteiger partial charge in [-0.25, -0.2) is 0 Å². The Bertz CT molecular complexity index is 279. The van der Waals surface area contributed by atoms with Gasteiger partial charge in [0, 0.05) is 6.42 Å². The molecule has 0 saturated carbocycles. The Hall–Kier alpha value is -0.820. The van der Waals surface area contributed by atoms with E-state index < -0.39 is 5.60 Å². The summed E-state index contributed by atoms with van der Waals surface area (Å²) in [5.74, 6) is 0. The summed E-state index contributed by atoms with van der Waals surface area (Å²) >= 11 is 0. The summed E-state index contributed by atoms with van der Waals surface area (Å²) < 4.78 is 0. The molecule has 0 atom stereocenters. The molecule has 84 valence electrons. The fourth-order valence-electron chi connectivity index (χ4n) is 1.70. The average molecular weight is 206 g/mol. The number of benzene rings is 1. The van der Waals surface area contributed by atoms with Gasteiger partial charge in [-0.3, -0.25) is 0 Å².